The number of H-pyrrole nitrogens is 1. The van der Waals surface area contributed by atoms with E-state index in [0.29, 0.717) is 11.5 Å². The Morgan fingerprint density at radius 1 is 1.32 bits per heavy atom. The average molecular weight is 382 g/mol. The van der Waals surface area contributed by atoms with Crippen LogP contribution in [0.25, 0.3) is 10.9 Å². The summed E-state index contributed by atoms with van der Waals surface area (Å²) in [6.07, 6.45) is 3.67. The summed E-state index contributed by atoms with van der Waals surface area (Å²) >= 11 is 0. The molecule has 2 aromatic rings. The SMILES string of the molecule is COC(=O)C1=CO[C@H](C)[C@H]2CN3CCc4c([nH]c5cc(OC)ccc45)[C@@H]3C[C@H]12. The van der Waals surface area contributed by atoms with Crippen LogP contribution in [0.1, 0.15) is 30.6 Å². The summed E-state index contributed by atoms with van der Waals surface area (Å²) in [7, 11) is 3.13. The summed E-state index contributed by atoms with van der Waals surface area (Å²) in [5, 5.41) is 1.28. The minimum atomic E-state index is -0.271. The molecule has 0 saturated carbocycles. The van der Waals surface area contributed by atoms with Crippen LogP contribution in [0.2, 0.25) is 0 Å². The van der Waals surface area contributed by atoms with Gasteiger partial charge in [-0.1, -0.05) is 0 Å². The summed E-state index contributed by atoms with van der Waals surface area (Å²) in [5.41, 5.74) is 4.49. The molecule has 1 aromatic heterocycles. The van der Waals surface area contributed by atoms with Crippen molar-refractivity contribution in [3.8, 4) is 5.75 Å². The minimum absolute atomic E-state index is 0.104. The molecule has 1 fully saturated rings. The lowest BCUT2D eigenvalue weighted by Crippen LogP contribution is -2.51. The van der Waals surface area contributed by atoms with Crippen molar-refractivity contribution in [1.29, 1.82) is 0 Å². The number of carbonyl (C=O) groups excluding carboxylic acids is 1. The number of benzene rings is 1. The van der Waals surface area contributed by atoms with Crippen LogP contribution in [0.4, 0.5) is 0 Å². The van der Waals surface area contributed by atoms with Crippen LogP contribution in [0.3, 0.4) is 0 Å². The Hall–Kier alpha value is -2.47. The van der Waals surface area contributed by atoms with Gasteiger partial charge in [-0.15, -0.1) is 0 Å². The zero-order valence-corrected chi connectivity index (χ0v) is 16.5. The Labute approximate surface area is 164 Å². The van der Waals surface area contributed by atoms with Gasteiger partial charge >= 0.3 is 5.97 Å². The number of hydrogen-bond acceptors (Lipinski definition) is 5. The van der Waals surface area contributed by atoms with E-state index in [2.05, 4.69) is 28.9 Å². The van der Waals surface area contributed by atoms with Crippen molar-refractivity contribution in [1.82, 2.24) is 9.88 Å². The third kappa shape index (κ3) is 2.54. The zero-order chi connectivity index (χ0) is 19.4. The second kappa shape index (κ2) is 6.55. The van der Waals surface area contributed by atoms with Gasteiger partial charge in [-0.3, -0.25) is 4.90 Å². The molecule has 3 aliphatic heterocycles. The van der Waals surface area contributed by atoms with Crippen molar-refractivity contribution in [2.75, 3.05) is 27.3 Å². The molecule has 0 bridgehead atoms. The molecule has 0 unspecified atom stereocenters. The normalized spacial score (nSPS) is 29.2. The fourth-order valence-electron chi connectivity index (χ4n) is 5.35. The number of carbonyl (C=O) groups is 1. The molecule has 6 heteroatoms. The Balaban J connectivity index is 1.54. The molecule has 4 atom stereocenters. The highest BCUT2D eigenvalue weighted by atomic mass is 16.5. The predicted molar refractivity (Wildman–Crippen MR) is 105 cm³/mol. The Kier molecular flexibility index (Phi) is 4.12. The second-order valence-corrected chi connectivity index (χ2v) is 8.10. The van der Waals surface area contributed by atoms with E-state index in [4.69, 9.17) is 14.2 Å². The molecule has 28 heavy (non-hydrogen) atoms. The first-order valence-electron chi connectivity index (χ1n) is 9.97. The Bertz CT molecular complexity index is 963. The molecule has 4 heterocycles. The van der Waals surface area contributed by atoms with Crippen molar-refractivity contribution < 1.29 is 19.0 Å². The highest BCUT2D eigenvalue weighted by molar-refractivity contribution is 5.89. The van der Waals surface area contributed by atoms with E-state index in [-0.39, 0.29) is 24.0 Å². The van der Waals surface area contributed by atoms with Crippen molar-refractivity contribution in [3.63, 3.8) is 0 Å². The van der Waals surface area contributed by atoms with Crippen molar-refractivity contribution in [2.45, 2.75) is 31.9 Å². The lowest BCUT2D eigenvalue weighted by atomic mass is 9.72. The summed E-state index contributed by atoms with van der Waals surface area (Å²) < 4.78 is 16.2. The minimum Gasteiger partial charge on any atom is -0.497 e. The van der Waals surface area contributed by atoms with Gasteiger partial charge in [-0.2, -0.15) is 0 Å². The summed E-state index contributed by atoms with van der Waals surface area (Å²) in [4.78, 5) is 18.6. The number of fused-ring (bicyclic) bond motifs is 6. The second-order valence-electron chi connectivity index (χ2n) is 8.10. The first-order valence-corrected chi connectivity index (χ1v) is 9.97. The van der Waals surface area contributed by atoms with Crippen molar-refractivity contribution >= 4 is 16.9 Å². The van der Waals surface area contributed by atoms with Crippen LogP contribution in [0, 0.1) is 11.8 Å². The van der Waals surface area contributed by atoms with Gasteiger partial charge in [0.2, 0.25) is 0 Å². The van der Waals surface area contributed by atoms with Gasteiger partial charge in [0.25, 0.3) is 0 Å². The maximum absolute atomic E-state index is 12.3. The summed E-state index contributed by atoms with van der Waals surface area (Å²) in [6, 6.07) is 6.53. The topological polar surface area (TPSA) is 63.8 Å². The van der Waals surface area contributed by atoms with E-state index in [0.717, 1.165) is 37.2 Å². The number of hydrogen-bond donors (Lipinski definition) is 1. The average Bonchev–Trinajstić information content (AvgIpc) is 3.10. The fraction of sp³-hybridized carbons (Fsp3) is 0.500. The van der Waals surface area contributed by atoms with Gasteiger partial charge in [0.05, 0.1) is 38.2 Å². The first-order chi connectivity index (χ1) is 13.6. The molecule has 1 saturated heterocycles. The fourth-order valence-corrected chi connectivity index (χ4v) is 5.35. The predicted octanol–water partition coefficient (Wildman–Crippen LogP) is 3.19. The molecule has 3 aliphatic rings. The largest absolute Gasteiger partial charge is 0.497 e. The molecular weight excluding hydrogens is 356 g/mol. The Morgan fingerprint density at radius 2 is 2.18 bits per heavy atom. The van der Waals surface area contributed by atoms with E-state index in [9.17, 15) is 4.79 Å². The number of esters is 1. The standard InChI is InChI=1S/C22H26N2O4/c1-12-17-10-24-7-6-15-14-5-4-13(26-2)8-19(14)23-21(15)20(24)9-16(17)18(11-28-12)22(25)27-3/h4-5,8,11-12,16-17,20,23H,6-7,9-10H2,1-3H3/t12-,16+,17-,20+/m1/s1. The Morgan fingerprint density at radius 3 is 2.96 bits per heavy atom. The van der Waals surface area contributed by atoms with E-state index < -0.39 is 0 Å². The van der Waals surface area contributed by atoms with Gasteiger partial charge in [-0.05, 0) is 37.5 Å². The van der Waals surface area contributed by atoms with Crippen molar-refractivity contribution in [2.24, 2.45) is 11.8 Å². The lowest BCUT2D eigenvalue weighted by molar-refractivity contribution is -0.139. The molecule has 1 N–H and O–H groups in total. The molecule has 0 spiro atoms. The lowest BCUT2D eigenvalue weighted by Gasteiger charge is -2.49. The van der Waals surface area contributed by atoms with Crippen molar-refractivity contribution in [3.05, 3.63) is 41.3 Å². The number of methoxy groups -OCH3 is 2. The van der Waals surface area contributed by atoms with E-state index in [1.807, 2.05) is 6.07 Å². The van der Waals surface area contributed by atoms with Crippen LogP contribution in [0.5, 0.6) is 5.75 Å². The van der Waals surface area contributed by atoms with Gasteiger partial charge in [0, 0.05) is 47.6 Å². The van der Waals surface area contributed by atoms with Crippen LogP contribution in [-0.4, -0.2) is 49.3 Å². The van der Waals surface area contributed by atoms with Gasteiger partial charge in [0.15, 0.2) is 0 Å². The van der Waals surface area contributed by atoms with E-state index >= 15 is 0 Å². The molecule has 0 amide bonds. The zero-order valence-electron chi connectivity index (χ0n) is 16.5. The van der Waals surface area contributed by atoms with Crippen LogP contribution < -0.4 is 4.74 Å². The van der Waals surface area contributed by atoms with Gasteiger partial charge in [-0.25, -0.2) is 4.79 Å². The first kappa shape index (κ1) is 17.6. The third-order valence-electron chi connectivity index (χ3n) is 6.84. The highest BCUT2D eigenvalue weighted by Gasteiger charge is 2.46. The highest BCUT2D eigenvalue weighted by Crippen LogP contribution is 2.47. The number of nitrogens with zero attached hydrogens (tertiary/aromatic N) is 1. The smallest absolute Gasteiger partial charge is 0.337 e. The number of rotatable bonds is 2. The van der Waals surface area contributed by atoms with Gasteiger partial charge < -0.3 is 19.2 Å². The van der Waals surface area contributed by atoms with Crippen LogP contribution in [-0.2, 0) is 20.7 Å². The molecule has 6 nitrogen and oxygen atoms in total. The number of ether oxygens (including phenoxy) is 3. The molecule has 0 aliphatic carbocycles. The monoisotopic (exact) mass is 382 g/mol. The molecule has 0 radical (unpaired) electrons. The molecule has 1 aromatic carbocycles. The summed E-state index contributed by atoms with van der Waals surface area (Å²) in [6.45, 7) is 4.07. The van der Waals surface area contributed by atoms with E-state index in [1.165, 1.54) is 23.8 Å². The van der Waals surface area contributed by atoms with Gasteiger partial charge in [0.1, 0.15) is 5.75 Å². The number of piperidine rings is 1. The number of aromatic amines is 1. The summed E-state index contributed by atoms with van der Waals surface area (Å²) in [5.74, 6) is 1.05. The number of nitrogens with one attached hydrogen (secondary N) is 1. The molecular formula is C22H26N2O4. The number of aromatic nitrogens is 1. The molecule has 5 rings (SSSR count). The maximum Gasteiger partial charge on any atom is 0.337 e. The third-order valence-corrected chi connectivity index (χ3v) is 6.84. The quantitative estimate of drug-likeness (QED) is 0.809. The van der Waals surface area contributed by atoms with E-state index in [1.54, 1.807) is 13.4 Å². The van der Waals surface area contributed by atoms with Crippen LogP contribution >= 0.6 is 0 Å². The maximum atomic E-state index is 12.3. The van der Waals surface area contributed by atoms with Crippen LogP contribution in [0.15, 0.2) is 30.0 Å². The molecule has 148 valence electrons.